The Bertz CT molecular complexity index is 1630. The molecule has 0 bridgehead atoms. The maximum atomic E-state index is 13.8. The van der Waals surface area contributed by atoms with Crippen molar-refractivity contribution in [3.8, 4) is 11.3 Å². The Hall–Kier alpha value is -3.95. The number of fused-ring (bicyclic) bond motifs is 1. The van der Waals surface area contributed by atoms with Gasteiger partial charge >= 0.3 is 12.1 Å². The summed E-state index contributed by atoms with van der Waals surface area (Å²) >= 11 is 0. The Morgan fingerprint density at radius 1 is 1.05 bits per heavy atom. The van der Waals surface area contributed by atoms with Crippen LogP contribution in [0.4, 0.5) is 18.9 Å². The number of aromatic carboxylic acids is 1. The summed E-state index contributed by atoms with van der Waals surface area (Å²) in [4.78, 5) is 13.5. The molecule has 4 aromatic rings. The van der Waals surface area contributed by atoms with E-state index in [2.05, 4.69) is 20.3 Å². The minimum atomic E-state index is -4.46. The summed E-state index contributed by atoms with van der Waals surface area (Å²) in [6.45, 7) is 1.81. The molecule has 0 amide bonds. The molecule has 1 N–H and O–H groups in total. The Morgan fingerprint density at radius 3 is 2.51 bits per heavy atom. The van der Waals surface area contributed by atoms with Crippen LogP contribution in [0.5, 0.6) is 0 Å². The van der Waals surface area contributed by atoms with Gasteiger partial charge in [0.25, 0.3) is 0 Å². The molecular weight excluding hydrogens is 533 g/mol. The molecule has 3 heterocycles. The van der Waals surface area contributed by atoms with E-state index in [-0.39, 0.29) is 22.6 Å². The monoisotopic (exact) mass is 562 g/mol. The van der Waals surface area contributed by atoms with Gasteiger partial charge in [-0.15, -0.1) is 10.2 Å². The fraction of sp³-hybridized carbons (Fsp3) is 0.419. The van der Waals surface area contributed by atoms with Crippen LogP contribution in [-0.2, 0) is 12.6 Å². The van der Waals surface area contributed by atoms with E-state index < -0.39 is 17.7 Å². The van der Waals surface area contributed by atoms with Crippen LogP contribution in [0.2, 0.25) is 0 Å². The second-order valence-electron chi connectivity index (χ2n) is 11.9. The van der Waals surface area contributed by atoms with Gasteiger partial charge in [-0.2, -0.15) is 13.2 Å². The minimum Gasteiger partial charge on any atom is -0.476 e. The predicted molar refractivity (Wildman–Crippen MR) is 146 cm³/mol. The Labute approximate surface area is 234 Å². The largest absolute Gasteiger partial charge is 0.476 e. The highest BCUT2D eigenvalue weighted by atomic mass is 19.4. The van der Waals surface area contributed by atoms with Crippen molar-refractivity contribution in [3.05, 3.63) is 71.1 Å². The topological polar surface area (TPSA) is 92.3 Å². The van der Waals surface area contributed by atoms with E-state index in [0.717, 1.165) is 80.1 Å². The average Bonchev–Trinajstić information content (AvgIpc) is 3.71. The molecular formula is C31H29F3N4O3. The maximum Gasteiger partial charge on any atom is 0.417 e. The second kappa shape index (κ2) is 9.56. The van der Waals surface area contributed by atoms with Gasteiger partial charge in [0.05, 0.1) is 11.1 Å². The van der Waals surface area contributed by atoms with E-state index in [1.807, 2.05) is 18.2 Å². The number of halogens is 3. The lowest BCUT2D eigenvalue weighted by Gasteiger charge is -2.53. The molecule has 7 nitrogen and oxygen atoms in total. The number of hydrogen-bond acceptors (Lipinski definition) is 6. The van der Waals surface area contributed by atoms with Crippen molar-refractivity contribution in [1.82, 2.24) is 15.4 Å². The second-order valence-corrected chi connectivity index (χ2v) is 11.9. The van der Waals surface area contributed by atoms with Crippen molar-refractivity contribution in [3.63, 3.8) is 0 Å². The fourth-order valence-corrected chi connectivity index (χ4v) is 6.91. The number of aromatic nitrogens is 3. The van der Waals surface area contributed by atoms with Crippen molar-refractivity contribution < 1.29 is 27.6 Å². The molecule has 7 rings (SSSR count). The molecule has 0 unspecified atom stereocenters. The number of piperidine rings is 1. The SMILES string of the molecule is O=C(O)c1cc2ccc(N3CCC4(CC3)CC(Cc3c(-c5ccccc5C(F)(F)F)noc3C3CC3)C4)cc2nn1. The lowest BCUT2D eigenvalue weighted by Crippen LogP contribution is -2.47. The van der Waals surface area contributed by atoms with Crippen LogP contribution in [0.3, 0.4) is 0 Å². The van der Waals surface area contributed by atoms with Crippen LogP contribution >= 0.6 is 0 Å². The molecule has 1 spiro atoms. The van der Waals surface area contributed by atoms with Gasteiger partial charge in [0, 0.05) is 41.2 Å². The van der Waals surface area contributed by atoms with Gasteiger partial charge in [0.2, 0.25) is 0 Å². The van der Waals surface area contributed by atoms with E-state index in [9.17, 15) is 18.0 Å². The van der Waals surface area contributed by atoms with Crippen molar-refractivity contribution in [1.29, 1.82) is 0 Å². The number of anilines is 1. The van der Waals surface area contributed by atoms with Crippen LogP contribution in [-0.4, -0.2) is 39.5 Å². The quantitative estimate of drug-likeness (QED) is 0.268. The fourth-order valence-electron chi connectivity index (χ4n) is 6.91. The van der Waals surface area contributed by atoms with E-state index >= 15 is 0 Å². The smallest absolute Gasteiger partial charge is 0.417 e. The van der Waals surface area contributed by atoms with Crippen LogP contribution in [0.15, 0.2) is 53.1 Å². The van der Waals surface area contributed by atoms with E-state index in [1.165, 1.54) is 18.2 Å². The number of hydrogen-bond donors (Lipinski definition) is 1. The third kappa shape index (κ3) is 4.83. The Kier molecular flexibility index (Phi) is 6.06. The highest BCUT2D eigenvalue weighted by Gasteiger charge is 2.47. The summed E-state index contributed by atoms with van der Waals surface area (Å²) in [5.74, 6) is 0.347. The molecule has 2 aromatic heterocycles. The number of carboxylic acids is 1. The van der Waals surface area contributed by atoms with Crippen molar-refractivity contribution in [2.24, 2.45) is 11.3 Å². The molecule has 0 radical (unpaired) electrons. The summed E-state index contributed by atoms with van der Waals surface area (Å²) < 4.78 is 47.1. The Balaban J connectivity index is 1.04. The van der Waals surface area contributed by atoms with Gasteiger partial charge in [-0.25, -0.2) is 4.79 Å². The lowest BCUT2D eigenvalue weighted by molar-refractivity contribution is -0.137. The molecule has 2 aromatic carbocycles. The molecule has 0 atom stereocenters. The van der Waals surface area contributed by atoms with E-state index in [0.29, 0.717) is 23.5 Å². The highest BCUT2D eigenvalue weighted by Crippen LogP contribution is 2.55. The highest BCUT2D eigenvalue weighted by molar-refractivity contribution is 5.91. The standard InChI is InChI=1S/C31H29F3N4O3/c32-31(33,34)24-4-2-1-3-22(24)27-23(28(41-37-27)19-5-6-19)13-18-16-30(17-18)9-11-38(12-10-30)21-8-7-20-14-26(29(39)40)36-35-25(20)15-21/h1-4,7-8,14-15,18-19H,5-6,9-13,16-17H2,(H,39,40). The van der Waals surface area contributed by atoms with Gasteiger partial charge in [-0.3, -0.25) is 0 Å². The summed E-state index contributed by atoms with van der Waals surface area (Å²) in [6.07, 6.45) is 2.43. The first kappa shape index (κ1) is 26.0. The molecule has 3 fully saturated rings. The van der Waals surface area contributed by atoms with E-state index in [4.69, 9.17) is 9.63 Å². The van der Waals surface area contributed by atoms with Crippen molar-refractivity contribution in [2.75, 3.05) is 18.0 Å². The minimum absolute atomic E-state index is 0.0724. The zero-order valence-corrected chi connectivity index (χ0v) is 22.3. The Morgan fingerprint density at radius 2 is 1.80 bits per heavy atom. The van der Waals surface area contributed by atoms with Gasteiger partial charge in [-0.1, -0.05) is 29.4 Å². The number of benzene rings is 2. The van der Waals surface area contributed by atoms with Gasteiger partial charge in [-0.05, 0) is 80.5 Å². The van der Waals surface area contributed by atoms with Crippen LogP contribution in [0.1, 0.15) is 71.8 Å². The number of carbonyl (C=O) groups is 1. The summed E-state index contributed by atoms with van der Waals surface area (Å²) in [6, 6.07) is 13.0. The summed E-state index contributed by atoms with van der Waals surface area (Å²) in [5.41, 5.74) is 2.55. The van der Waals surface area contributed by atoms with Crippen molar-refractivity contribution >= 4 is 22.6 Å². The molecule has 212 valence electrons. The zero-order valence-electron chi connectivity index (χ0n) is 22.3. The van der Waals surface area contributed by atoms with Crippen LogP contribution in [0, 0.1) is 11.3 Å². The molecule has 41 heavy (non-hydrogen) atoms. The summed E-state index contributed by atoms with van der Waals surface area (Å²) in [7, 11) is 0. The van der Waals surface area contributed by atoms with Crippen LogP contribution in [0.25, 0.3) is 22.2 Å². The first-order valence-electron chi connectivity index (χ1n) is 14.1. The first-order chi connectivity index (χ1) is 19.7. The van der Waals surface area contributed by atoms with Crippen LogP contribution < -0.4 is 4.90 Å². The zero-order chi connectivity index (χ0) is 28.4. The number of alkyl halides is 3. The number of rotatable bonds is 6. The molecule has 1 aliphatic heterocycles. The maximum absolute atomic E-state index is 13.8. The average molecular weight is 563 g/mol. The molecule has 10 heteroatoms. The molecule has 2 saturated carbocycles. The molecule has 3 aliphatic rings. The number of carboxylic acid groups (broad SMARTS) is 1. The molecule has 2 aliphatic carbocycles. The normalized spacial score (nSPS) is 19.0. The third-order valence-corrected chi connectivity index (χ3v) is 9.17. The van der Waals surface area contributed by atoms with Crippen molar-refractivity contribution in [2.45, 2.75) is 57.0 Å². The third-order valence-electron chi connectivity index (χ3n) is 9.17. The van der Waals surface area contributed by atoms with E-state index in [1.54, 1.807) is 6.07 Å². The summed E-state index contributed by atoms with van der Waals surface area (Å²) in [5, 5.41) is 22.0. The first-order valence-corrected chi connectivity index (χ1v) is 14.1. The van der Waals surface area contributed by atoms with Gasteiger partial charge in [0.1, 0.15) is 11.5 Å². The molecule has 1 saturated heterocycles. The lowest BCUT2D eigenvalue weighted by atomic mass is 9.56. The number of nitrogens with zero attached hydrogens (tertiary/aromatic N) is 4. The van der Waals surface area contributed by atoms with Gasteiger partial charge < -0.3 is 14.5 Å². The predicted octanol–water partition coefficient (Wildman–Crippen LogP) is 7.12. The van der Waals surface area contributed by atoms with Gasteiger partial charge in [0.15, 0.2) is 5.69 Å².